The molecule has 1 aromatic rings. The van der Waals surface area contributed by atoms with E-state index in [-0.39, 0.29) is 12.5 Å². The highest BCUT2D eigenvalue weighted by molar-refractivity contribution is 5.95. The van der Waals surface area contributed by atoms with E-state index in [1.54, 1.807) is 0 Å². The molecule has 0 radical (unpaired) electrons. The first-order valence-corrected chi connectivity index (χ1v) is 5.72. The van der Waals surface area contributed by atoms with Gasteiger partial charge in [0.05, 0.1) is 11.8 Å². The lowest BCUT2D eigenvalue weighted by molar-refractivity contribution is -0.118. The fourth-order valence-corrected chi connectivity index (χ4v) is 1.60. The fraction of sp³-hybridized carbons (Fsp3) is 0.385. The molecule has 2 rings (SSSR count). The molecule has 0 saturated carbocycles. The Hall–Kier alpha value is -2.06. The molecule has 0 fully saturated rings. The predicted molar refractivity (Wildman–Crippen MR) is 67.1 cm³/mol. The van der Waals surface area contributed by atoms with Gasteiger partial charge in [0.25, 0.3) is 5.91 Å². The molecular formula is C13H15N3O2. The first-order valence-electron chi connectivity index (χ1n) is 5.72. The maximum atomic E-state index is 11.2. The number of anilines is 1. The molecule has 0 atom stereocenters. The number of nitrogens with zero attached hydrogens (tertiary/aromatic N) is 1. The highest BCUT2D eigenvalue weighted by atomic mass is 16.5. The van der Waals surface area contributed by atoms with Crippen molar-refractivity contribution in [3.8, 4) is 11.8 Å². The Labute approximate surface area is 106 Å². The van der Waals surface area contributed by atoms with Crippen LogP contribution >= 0.6 is 0 Å². The van der Waals surface area contributed by atoms with Crippen LogP contribution in [0, 0.1) is 11.3 Å². The molecule has 1 aromatic carbocycles. The number of nitrogens with one attached hydrogen (secondary N) is 2. The Balaban J connectivity index is 2.10. The third kappa shape index (κ3) is 2.79. The first kappa shape index (κ1) is 12.4. The summed E-state index contributed by atoms with van der Waals surface area (Å²) < 4.78 is 5.27. The van der Waals surface area contributed by atoms with Crippen LogP contribution in [0.15, 0.2) is 18.2 Å². The van der Waals surface area contributed by atoms with Crippen LogP contribution in [0.5, 0.6) is 5.75 Å². The van der Waals surface area contributed by atoms with Crippen molar-refractivity contribution in [2.45, 2.75) is 25.9 Å². The van der Waals surface area contributed by atoms with Crippen LogP contribution in [0.3, 0.4) is 0 Å². The maximum Gasteiger partial charge on any atom is 0.262 e. The summed E-state index contributed by atoms with van der Waals surface area (Å²) in [6, 6.07) is 7.77. The second-order valence-electron chi connectivity index (χ2n) is 4.76. The number of carbonyl (C=O) groups excluding carboxylic acids is 1. The molecule has 1 aliphatic rings. The summed E-state index contributed by atoms with van der Waals surface area (Å²) in [4.78, 5) is 11.2. The van der Waals surface area contributed by atoms with E-state index in [1.165, 1.54) is 0 Å². The zero-order valence-corrected chi connectivity index (χ0v) is 10.4. The molecule has 5 heteroatoms. The van der Waals surface area contributed by atoms with Gasteiger partial charge in [-0.3, -0.25) is 10.1 Å². The molecule has 0 bridgehead atoms. The molecule has 1 amide bonds. The van der Waals surface area contributed by atoms with E-state index < -0.39 is 5.54 Å². The van der Waals surface area contributed by atoms with E-state index in [0.29, 0.717) is 18.0 Å². The number of amides is 1. The number of fused-ring (bicyclic) bond motifs is 1. The third-order valence-electron chi connectivity index (χ3n) is 2.69. The van der Waals surface area contributed by atoms with Crippen molar-refractivity contribution in [3.63, 3.8) is 0 Å². The lowest BCUT2D eigenvalue weighted by Crippen LogP contribution is -2.37. The van der Waals surface area contributed by atoms with Gasteiger partial charge in [-0.1, -0.05) is 6.07 Å². The van der Waals surface area contributed by atoms with Gasteiger partial charge in [-0.2, -0.15) is 5.26 Å². The Morgan fingerprint density at radius 1 is 1.56 bits per heavy atom. The maximum absolute atomic E-state index is 11.2. The van der Waals surface area contributed by atoms with E-state index >= 15 is 0 Å². The molecule has 0 unspecified atom stereocenters. The number of nitriles is 1. The van der Waals surface area contributed by atoms with E-state index in [2.05, 4.69) is 16.7 Å². The smallest absolute Gasteiger partial charge is 0.262 e. The Morgan fingerprint density at radius 2 is 2.33 bits per heavy atom. The molecule has 5 nitrogen and oxygen atoms in total. The molecule has 0 saturated heterocycles. The minimum atomic E-state index is -0.574. The van der Waals surface area contributed by atoms with Crippen molar-refractivity contribution in [1.82, 2.24) is 5.32 Å². The van der Waals surface area contributed by atoms with Crippen LogP contribution in [-0.2, 0) is 11.3 Å². The van der Waals surface area contributed by atoms with E-state index in [1.807, 2.05) is 32.0 Å². The van der Waals surface area contributed by atoms with Crippen LogP contribution in [-0.4, -0.2) is 18.1 Å². The van der Waals surface area contributed by atoms with Crippen LogP contribution < -0.4 is 15.4 Å². The van der Waals surface area contributed by atoms with Crippen molar-refractivity contribution >= 4 is 11.6 Å². The van der Waals surface area contributed by atoms with Gasteiger partial charge in [-0.25, -0.2) is 0 Å². The summed E-state index contributed by atoms with van der Waals surface area (Å²) in [5.74, 6) is 0.530. The monoisotopic (exact) mass is 245 g/mol. The fourth-order valence-electron chi connectivity index (χ4n) is 1.60. The van der Waals surface area contributed by atoms with Crippen molar-refractivity contribution in [1.29, 1.82) is 5.26 Å². The van der Waals surface area contributed by atoms with Gasteiger partial charge in [-0.15, -0.1) is 0 Å². The van der Waals surface area contributed by atoms with Gasteiger partial charge in [0, 0.05) is 6.54 Å². The normalized spacial score (nSPS) is 14.2. The van der Waals surface area contributed by atoms with Gasteiger partial charge in [-0.05, 0) is 31.5 Å². The van der Waals surface area contributed by atoms with Gasteiger partial charge in [0.15, 0.2) is 6.61 Å². The minimum absolute atomic E-state index is 0.0616. The number of benzene rings is 1. The van der Waals surface area contributed by atoms with Crippen molar-refractivity contribution in [2.75, 3.05) is 11.9 Å². The quantitative estimate of drug-likeness (QED) is 0.844. The van der Waals surface area contributed by atoms with Crippen molar-refractivity contribution in [3.05, 3.63) is 23.8 Å². The van der Waals surface area contributed by atoms with Crippen LogP contribution in [0.1, 0.15) is 19.4 Å². The lowest BCUT2D eigenvalue weighted by Gasteiger charge is -2.20. The molecule has 1 heterocycles. The number of rotatable bonds is 3. The van der Waals surface area contributed by atoms with Gasteiger partial charge >= 0.3 is 0 Å². The summed E-state index contributed by atoms with van der Waals surface area (Å²) in [7, 11) is 0. The number of hydrogen-bond donors (Lipinski definition) is 2. The summed E-state index contributed by atoms with van der Waals surface area (Å²) in [6.45, 7) is 4.25. The second kappa shape index (κ2) is 4.67. The topological polar surface area (TPSA) is 74.2 Å². The standard InChI is InChI=1S/C13H15N3O2/c1-13(2,8-14)15-6-9-3-4-11-10(5-9)16-12(17)7-18-11/h3-5,15H,6-7H2,1-2H3,(H,16,17). The summed E-state index contributed by atoms with van der Waals surface area (Å²) >= 11 is 0. The molecular weight excluding hydrogens is 230 g/mol. The number of hydrogen-bond acceptors (Lipinski definition) is 4. The molecule has 0 spiro atoms. The molecule has 0 aliphatic carbocycles. The summed E-state index contributed by atoms with van der Waals surface area (Å²) in [6.07, 6.45) is 0. The molecule has 1 aliphatic heterocycles. The highest BCUT2D eigenvalue weighted by Crippen LogP contribution is 2.28. The average Bonchev–Trinajstić information content (AvgIpc) is 2.36. The largest absolute Gasteiger partial charge is 0.482 e. The molecule has 94 valence electrons. The van der Waals surface area contributed by atoms with Gasteiger partial charge < -0.3 is 10.1 Å². The summed E-state index contributed by atoms with van der Waals surface area (Å²) in [5, 5.41) is 14.8. The number of ether oxygens (including phenoxy) is 1. The molecule has 2 N–H and O–H groups in total. The molecule has 18 heavy (non-hydrogen) atoms. The Bertz CT molecular complexity index is 517. The zero-order valence-electron chi connectivity index (χ0n) is 10.4. The van der Waals surface area contributed by atoms with Crippen LogP contribution in [0.4, 0.5) is 5.69 Å². The lowest BCUT2D eigenvalue weighted by atomic mass is 10.1. The average molecular weight is 245 g/mol. The van der Waals surface area contributed by atoms with E-state index in [9.17, 15) is 4.79 Å². The highest BCUT2D eigenvalue weighted by Gasteiger charge is 2.18. The van der Waals surface area contributed by atoms with Crippen LogP contribution in [0.25, 0.3) is 0 Å². The van der Waals surface area contributed by atoms with E-state index in [4.69, 9.17) is 10.00 Å². The second-order valence-corrected chi connectivity index (χ2v) is 4.76. The SMILES string of the molecule is CC(C)(C#N)NCc1ccc2c(c1)NC(=O)CO2. The first-order chi connectivity index (χ1) is 8.50. The Morgan fingerprint density at radius 3 is 3.06 bits per heavy atom. The zero-order chi connectivity index (χ0) is 13.2. The minimum Gasteiger partial charge on any atom is -0.482 e. The van der Waals surface area contributed by atoms with Crippen molar-refractivity contribution < 1.29 is 9.53 Å². The predicted octanol–water partition coefficient (Wildman–Crippen LogP) is 1.41. The van der Waals surface area contributed by atoms with E-state index in [0.717, 1.165) is 5.56 Å². The van der Waals surface area contributed by atoms with Crippen LogP contribution in [0.2, 0.25) is 0 Å². The Kier molecular flexibility index (Phi) is 3.21. The summed E-state index contributed by atoms with van der Waals surface area (Å²) in [5.41, 5.74) is 1.10. The number of carbonyl (C=O) groups is 1. The van der Waals surface area contributed by atoms with Gasteiger partial charge in [0.2, 0.25) is 0 Å². The van der Waals surface area contributed by atoms with Gasteiger partial charge in [0.1, 0.15) is 11.3 Å². The third-order valence-corrected chi connectivity index (χ3v) is 2.69. The molecule has 0 aromatic heterocycles. The van der Waals surface area contributed by atoms with Crippen molar-refractivity contribution in [2.24, 2.45) is 0 Å².